The maximum Gasteiger partial charge on any atom is 0.223 e. The highest BCUT2D eigenvalue weighted by Crippen LogP contribution is 2.36. The Balaban J connectivity index is 2.18. The van der Waals surface area contributed by atoms with Crippen LogP contribution in [0.5, 0.6) is 0 Å². The molecule has 82 valence electrons. The van der Waals surface area contributed by atoms with E-state index in [9.17, 15) is 4.79 Å². The van der Waals surface area contributed by atoms with Gasteiger partial charge in [0.15, 0.2) is 0 Å². The first-order valence-electron chi connectivity index (χ1n) is 5.60. The lowest BCUT2D eigenvalue weighted by molar-refractivity contribution is -0.125. The summed E-state index contributed by atoms with van der Waals surface area (Å²) in [7, 11) is 0. The fraction of sp³-hybridized carbons (Fsp3) is 0.909. The molecule has 1 unspecified atom stereocenters. The predicted molar refractivity (Wildman–Crippen MR) is 62.5 cm³/mol. The maximum absolute atomic E-state index is 11.6. The highest BCUT2D eigenvalue weighted by molar-refractivity contribution is 9.09. The summed E-state index contributed by atoms with van der Waals surface area (Å²) in [6, 6.07) is 0. The first-order valence-corrected chi connectivity index (χ1v) is 6.52. The summed E-state index contributed by atoms with van der Waals surface area (Å²) in [6.45, 7) is 4.93. The monoisotopic (exact) mass is 261 g/mol. The average molecular weight is 262 g/mol. The summed E-state index contributed by atoms with van der Waals surface area (Å²) in [5.74, 6) is 1.23. The van der Waals surface area contributed by atoms with Crippen LogP contribution in [0.15, 0.2) is 0 Å². The number of carbonyl (C=O) groups excluding carboxylic acids is 1. The van der Waals surface area contributed by atoms with E-state index in [1.807, 2.05) is 0 Å². The second-order valence-corrected chi connectivity index (χ2v) is 5.29. The molecule has 14 heavy (non-hydrogen) atoms. The molecule has 0 bridgehead atoms. The highest BCUT2D eigenvalue weighted by atomic mass is 79.9. The van der Waals surface area contributed by atoms with Gasteiger partial charge in [0.25, 0.3) is 0 Å². The molecule has 2 nitrogen and oxygen atoms in total. The summed E-state index contributed by atoms with van der Waals surface area (Å²) in [6.07, 6.45) is 4.52. The quantitative estimate of drug-likeness (QED) is 0.733. The van der Waals surface area contributed by atoms with E-state index in [4.69, 9.17) is 0 Å². The molecule has 1 N–H and O–H groups in total. The molecule has 0 radical (unpaired) electrons. The number of halogens is 1. The molecule has 1 fully saturated rings. The Bertz CT molecular complexity index is 188. The second-order valence-electron chi connectivity index (χ2n) is 4.11. The zero-order valence-electron chi connectivity index (χ0n) is 9.05. The van der Waals surface area contributed by atoms with Crippen molar-refractivity contribution in [3.63, 3.8) is 0 Å². The van der Waals surface area contributed by atoms with Crippen LogP contribution < -0.4 is 5.32 Å². The standard InChI is InChI=1S/C11H20BrNO/c1-3-8(4-2)11(14)13-7-10(12)9-5-6-9/h8-10H,3-7H2,1-2H3,(H,13,14). The van der Waals surface area contributed by atoms with E-state index in [1.165, 1.54) is 12.8 Å². The van der Waals surface area contributed by atoms with Crippen molar-refractivity contribution in [2.75, 3.05) is 6.54 Å². The summed E-state index contributed by atoms with van der Waals surface area (Å²) in [5.41, 5.74) is 0. The molecule has 0 spiro atoms. The van der Waals surface area contributed by atoms with Gasteiger partial charge in [-0.05, 0) is 31.6 Å². The Morgan fingerprint density at radius 3 is 2.43 bits per heavy atom. The van der Waals surface area contributed by atoms with Crippen LogP contribution in [0.1, 0.15) is 39.5 Å². The molecule has 1 saturated carbocycles. The van der Waals surface area contributed by atoms with Crippen molar-refractivity contribution in [3.8, 4) is 0 Å². The number of carbonyl (C=O) groups is 1. The smallest absolute Gasteiger partial charge is 0.223 e. The van der Waals surface area contributed by atoms with Gasteiger partial charge in [-0.25, -0.2) is 0 Å². The Kier molecular flexibility index (Phi) is 4.93. The molecule has 3 heteroatoms. The van der Waals surface area contributed by atoms with Crippen LogP contribution >= 0.6 is 15.9 Å². The van der Waals surface area contributed by atoms with Crippen LogP contribution in [-0.4, -0.2) is 17.3 Å². The van der Waals surface area contributed by atoms with Crippen molar-refractivity contribution in [3.05, 3.63) is 0 Å². The highest BCUT2D eigenvalue weighted by Gasteiger charge is 2.29. The molecule has 0 aromatic carbocycles. The largest absolute Gasteiger partial charge is 0.355 e. The lowest BCUT2D eigenvalue weighted by Gasteiger charge is -2.15. The Morgan fingerprint density at radius 1 is 1.43 bits per heavy atom. The summed E-state index contributed by atoms with van der Waals surface area (Å²) < 4.78 is 0. The fourth-order valence-corrected chi connectivity index (χ4v) is 2.32. The average Bonchev–Trinajstić information content (AvgIpc) is 2.99. The van der Waals surface area contributed by atoms with E-state index in [2.05, 4.69) is 35.1 Å². The van der Waals surface area contributed by atoms with Crippen molar-refractivity contribution in [2.45, 2.75) is 44.4 Å². The van der Waals surface area contributed by atoms with Gasteiger partial charge >= 0.3 is 0 Å². The van der Waals surface area contributed by atoms with Crippen molar-refractivity contribution in [2.24, 2.45) is 11.8 Å². The van der Waals surface area contributed by atoms with Gasteiger partial charge in [0, 0.05) is 17.3 Å². The third-order valence-corrected chi connectivity index (χ3v) is 4.03. The van der Waals surface area contributed by atoms with Crippen LogP contribution in [-0.2, 0) is 4.79 Å². The summed E-state index contributed by atoms with van der Waals surface area (Å²) in [4.78, 5) is 12.1. The minimum absolute atomic E-state index is 0.203. The van der Waals surface area contributed by atoms with Gasteiger partial charge in [-0.15, -0.1) is 0 Å². The van der Waals surface area contributed by atoms with Crippen LogP contribution in [0.2, 0.25) is 0 Å². The first kappa shape index (κ1) is 12.0. The number of hydrogen-bond acceptors (Lipinski definition) is 1. The van der Waals surface area contributed by atoms with E-state index in [1.54, 1.807) is 0 Å². The van der Waals surface area contributed by atoms with Gasteiger partial charge in [-0.3, -0.25) is 4.79 Å². The minimum atomic E-state index is 0.203. The number of alkyl halides is 1. The number of hydrogen-bond donors (Lipinski definition) is 1. The van der Waals surface area contributed by atoms with Crippen LogP contribution in [0.4, 0.5) is 0 Å². The molecule has 1 aliphatic carbocycles. The van der Waals surface area contributed by atoms with Crippen molar-refractivity contribution in [1.82, 2.24) is 5.32 Å². The maximum atomic E-state index is 11.6. The molecule has 0 aromatic heterocycles. The molecular formula is C11H20BrNO. The van der Waals surface area contributed by atoms with Crippen molar-refractivity contribution in [1.29, 1.82) is 0 Å². The van der Waals surface area contributed by atoms with Crippen LogP contribution in [0.3, 0.4) is 0 Å². The molecular weight excluding hydrogens is 242 g/mol. The third-order valence-electron chi connectivity index (χ3n) is 2.96. The Hall–Kier alpha value is -0.0500. The van der Waals surface area contributed by atoms with Crippen LogP contribution in [0.25, 0.3) is 0 Å². The van der Waals surface area contributed by atoms with Crippen LogP contribution in [0, 0.1) is 11.8 Å². The Morgan fingerprint density at radius 2 is 2.00 bits per heavy atom. The Labute approximate surface area is 95.0 Å². The lowest BCUT2D eigenvalue weighted by Crippen LogP contribution is -2.34. The van der Waals surface area contributed by atoms with Gasteiger partial charge in [0.2, 0.25) is 5.91 Å². The molecule has 1 rings (SSSR count). The van der Waals surface area contributed by atoms with Gasteiger partial charge in [-0.1, -0.05) is 29.8 Å². The fourth-order valence-electron chi connectivity index (χ4n) is 1.63. The normalized spacial score (nSPS) is 18.3. The summed E-state index contributed by atoms with van der Waals surface area (Å²) >= 11 is 3.61. The molecule has 0 aliphatic heterocycles. The molecule has 1 amide bonds. The molecule has 0 aromatic rings. The number of amides is 1. The van der Waals surface area contributed by atoms with E-state index in [0.717, 1.165) is 25.3 Å². The molecule has 0 heterocycles. The zero-order valence-corrected chi connectivity index (χ0v) is 10.6. The van der Waals surface area contributed by atoms with Crippen molar-refractivity contribution >= 4 is 21.8 Å². The van der Waals surface area contributed by atoms with E-state index < -0.39 is 0 Å². The number of rotatable bonds is 6. The second kappa shape index (κ2) is 5.74. The summed E-state index contributed by atoms with van der Waals surface area (Å²) in [5, 5.41) is 3.02. The predicted octanol–water partition coefficient (Wildman–Crippen LogP) is 2.71. The molecule has 1 aliphatic rings. The topological polar surface area (TPSA) is 29.1 Å². The third kappa shape index (κ3) is 3.60. The molecule has 1 atom stereocenters. The molecule has 0 saturated heterocycles. The number of nitrogens with one attached hydrogen (secondary N) is 1. The van der Waals surface area contributed by atoms with Gasteiger partial charge in [0.05, 0.1) is 0 Å². The van der Waals surface area contributed by atoms with Gasteiger partial charge < -0.3 is 5.32 Å². The van der Waals surface area contributed by atoms with Crippen molar-refractivity contribution < 1.29 is 4.79 Å². The first-order chi connectivity index (χ1) is 6.69. The van der Waals surface area contributed by atoms with Gasteiger partial charge in [-0.2, -0.15) is 0 Å². The SMILES string of the molecule is CCC(CC)C(=O)NCC(Br)C1CC1. The lowest BCUT2D eigenvalue weighted by atomic mass is 10.0. The van der Waals surface area contributed by atoms with Gasteiger partial charge in [0.1, 0.15) is 0 Å². The zero-order chi connectivity index (χ0) is 10.6. The van der Waals surface area contributed by atoms with E-state index >= 15 is 0 Å². The minimum Gasteiger partial charge on any atom is -0.355 e. The van der Waals surface area contributed by atoms with E-state index in [0.29, 0.717) is 4.83 Å². The van der Waals surface area contributed by atoms with E-state index in [-0.39, 0.29) is 11.8 Å².